The van der Waals surface area contributed by atoms with Gasteiger partial charge in [-0.2, -0.15) is 22.0 Å². The first-order chi connectivity index (χ1) is 8.64. The van der Waals surface area contributed by atoms with Gasteiger partial charge in [0.1, 0.15) is 5.71 Å². The molecule has 2 rings (SSSR count). The summed E-state index contributed by atoms with van der Waals surface area (Å²) in [7, 11) is 0. The van der Waals surface area contributed by atoms with Crippen LogP contribution >= 0.6 is 0 Å². The van der Waals surface area contributed by atoms with Gasteiger partial charge in [-0.1, -0.05) is 18.7 Å². The minimum absolute atomic E-state index is 0.250. The minimum atomic E-state index is -4.77. The second-order valence-corrected chi connectivity index (χ2v) is 4.40. The van der Waals surface area contributed by atoms with Gasteiger partial charge in [0.25, 0.3) is 0 Å². The van der Waals surface area contributed by atoms with E-state index < -0.39 is 40.7 Å². The minimum Gasteiger partial charge on any atom is -0.379 e. The molecule has 0 saturated carbocycles. The summed E-state index contributed by atoms with van der Waals surface area (Å²) in [6.07, 6.45) is -2.39. The number of aliphatic imine (C=N–C) groups is 1. The maximum Gasteiger partial charge on any atom is 0.433 e. The third kappa shape index (κ3) is 2.29. The number of halogens is 5. The number of rotatable bonds is 0. The number of dihydropyridines is 1. The summed E-state index contributed by atoms with van der Waals surface area (Å²) in [5.41, 5.74) is -3.13. The van der Waals surface area contributed by atoms with E-state index in [0.717, 1.165) is 6.08 Å². The van der Waals surface area contributed by atoms with Crippen LogP contribution in [0.3, 0.4) is 0 Å². The molecular weight excluding hydrogens is 267 g/mol. The maximum absolute atomic E-state index is 13.8. The molecule has 104 valence electrons. The number of hydrogen-bond donors (Lipinski definition) is 1. The van der Waals surface area contributed by atoms with Crippen molar-refractivity contribution >= 4 is 5.71 Å². The number of nitrogens with one attached hydrogen (secondary N) is 1. The Morgan fingerprint density at radius 2 is 2.05 bits per heavy atom. The van der Waals surface area contributed by atoms with Crippen molar-refractivity contribution in [1.29, 1.82) is 0 Å². The summed E-state index contributed by atoms with van der Waals surface area (Å²) in [4.78, 5) is 3.41. The SMILES string of the molecule is C=C1CNC(=C2C=CC(C)N=C2C(F)(F)F)C1(F)F. The third-order valence-corrected chi connectivity index (χ3v) is 2.90. The third-order valence-electron chi connectivity index (χ3n) is 2.90. The molecule has 1 atom stereocenters. The van der Waals surface area contributed by atoms with E-state index in [1.165, 1.54) is 13.0 Å². The van der Waals surface area contributed by atoms with Gasteiger partial charge in [0.05, 0.1) is 11.7 Å². The van der Waals surface area contributed by atoms with Gasteiger partial charge in [-0.25, -0.2) is 0 Å². The fourth-order valence-electron chi connectivity index (χ4n) is 1.92. The van der Waals surface area contributed by atoms with E-state index in [1.54, 1.807) is 0 Å². The van der Waals surface area contributed by atoms with Crippen LogP contribution in [-0.2, 0) is 0 Å². The molecule has 0 aromatic rings. The molecule has 0 radical (unpaired) electrons. The highest BCUT2D eigenvalue weighted by atomic mass is 19.4. The van der Waals surface area contributed by atoms with Crippen molar-refractivity contribution in [1.82, 2.24) is 5.32 Å². The van der Waals surface area contributed by atoms with Crippen LogP contribution in [0.25, 0.3) is 0 Å². The van der Waals surface area contributed by atoms with E-state index in [0.29, 0.717) is 0 Å². The molecule has 1 fully saturated rings. The average Bonchev–Trinajstić information content (AvgIpc) is 2.53. The van der Waals surface area contributed by atoms with E-state index in [1.807, 2.05) is 0 Å². The Kier molecular flexibility index (Phi) is 3.03. The summed E-state index contributed by atoms with van der Waals surface area (Å²) in [5.74, 6) is -3.49. The molecule has 1 unspecified atom stereocenters. The zero-order valence-corrected chi connectivity index (χ0v) is 9.98. The Balaban J connectivity index is 2.58. The lowest BCUT2D eigenvalue weighted by Gasteiger charge is -2.21. The van der Waals surface area contributed by atoms with Crippen molar-refractivity contribution in [2.75, 3.05) is 6.54 Å². The zero-order valence-electron chi connectivity index (χ0n) is 9.98. The van der Waals surface area contributed by atoms with Crippen molar-refractivity contribution in [2.24, 2.45) is 4.99 Å². The lowest BCUT2D eigenvalue weighted by atomic mass is 9.99. The predicted molar refractivity (Wildman–Crippen MR) is 61.2 cm³/mol. The fraction of sp³-hybridized carbons (Fsp3) is 0.417. The van der Waals surface area contributed by atoms with Crippen molar-refractivity contribution in [3.8, 4) is 0 Å². The normalized spacial score (nSPS) is 30.3. The monoisotopic (exact) mass is 278 g/mol. The topological polar surface area (TPSA) is 24.4 Å². The van der Waals surface area contributed by atoms with Crippen molar-refractivity contribution in [3.63, 3.8) is 0 Å². The molecular formula is C12H11F5N2. The molecule has 0 amide bonds. The van der Waals surface area contributed by atoms with Gasteiger partial charge in [0.2, 0.25) is 0 Å². The molecule has 0 bridgehead atoms. The van der Waals surface area contributed by atoms with E-state index in [-0.39, 0.29) is 6.54 Å². The average molecular weight is 278 g/mol. The van der Waals surface area contributed by atoms with Crippen molar-refractivity contribution in [2.45, 2.75) is 25.1 Å². The zero-order chi connectivity index (χ0) is 14.4. The Morgan fingerprint density at radius 3 is 2.53 bits per heavy atom. The van der Waals surface area contributed by atoms with E-state index in [9.17, 15) is 22.0 Å². The van der Waals surface area contributed by atoms with Crippen LogP contribution in [0.5, 0.6) is 0 Å². The number of allylic oxidation sites excluding steroid dienone is 3. The predicted octanol–water partition coefficient (Wildman–Crippen LogP) is 3.00. The summed E-state index contributed by atoms with van der Waals surface area (Å²) in [5, 5.41) is 2.28. The second kappa shape index (κ2) is 4.18. The van der Waals surface area contributed by atoms with Crippen molar-refractivity contribution in [3.05, 3.63) is 35.6 Å². The van der Waals surface area contributed by atoms with Crippen LogP contribution in [-0.4, -0.2) is 30.4 Å². The van der Waals surface area contributed by atoms with Crippen molar-refractivity contribution < 1.29 is 22.0 Å². The molecule has 0 spiro atoms. The molecule has 2 aliphatic heterocycles. The highest BCUT2D eigenvalue weighted by molar-refractivity contribution is 6.08. The maximum atomic E-state index is 13.8. The fourth-order valence-corrected chi connectivity index (χ4v) is 1.92. The quantitative estimate of drug-likeness (QED) is 0.534. The molecule has 2 nitrogen and oxygen atoms in total. The Bertz CT molecular complexity index is 511. The first-order valence-corrected chi connectivity index (χ1v) is 5.52. The van der Waals surface area contributed by atoms with Gasteiger partial charge in [-0.15, -0.1) is 0 Å². The summed E-state index contributed by atoms with van der Waals surface area (Å²) >= 11 is 0. The van der Waals surface area contributed by atoms with Crippen LogP contribution in [0.15, 0.2) is 40.6 Å². The number of alkyl halides is 5. The van der Waals surface area contributed by atoms with Gasteiger partial charge in [-0.05, 0) is 6.92 Å². The largest absolute Gasteiger partial charge is 0.433 e. The lowest BCUT2D eigenvalue weighted by molar-refractivity contribution is -0.0586. The summed E-state index contributed by atoms with van der Waals surface area (Å²) in [6, 6.07) is -0.695. The van der Waals surface area contributed by atoms with Crippen LogP contribution in [0, 0.1) is 0 Å². The highest BCUT2D eigenvalue weighted by Crippen LogP contribution is 2.39. The van der Waals surface area contributed by atoms with Crippen LogP contribution < -0.4 is 5.32 Å². The van der Waals surface area contributed by atoms with Gasteiger partial charge in [0.15, 0.2) is 0 Å². The van der Waals surface area contributed by atoms with Crippen LogP contribution in [0.2, 0.25) is 0 Å². The smallest absolute Gasteiger partial charge is 0.379 e. The van der Waals surface area contributed by atoms with Crippen LogP contribution in [0.1, 0.15) is 6.92 Å². The number of hydrogen-bond acceptors (Lipinski definition) is 2. The Labute approximate surface area is 106 Å². The van der Waals surface area contributed by atoms with E-state index in [2.05, 4.69) is 16.9 Å². The summed E-state index contributed by atoms with van der Waals surface area (Å²) < 4.78 is 66.2. The first-order valence-electron chi connectivity index (χ1n) is 5.52. The van der Waals surface area contributed by atoms with E-state index in [4.69, 9.17) is 0 Å². The van der Waals surface area contributed by atoms with E-state index >= 15 is 0 Å². The molecule has 7 heteroatoms. The Hall–Kier alpha value is -1.66. The van der Waals surface area contributed by atoms with Gasteiger partial charge >= 0.3 is 12.1 Å². The second-order valence-electron chi connectivity index (χ2n) is 4.40. The molecule has 1 saturated heterocycles. The van der Waals surface area contributed by atoms with Crippen LogP contribution in [0.4, 0.5) is 22.0 Å². The van der Waals surface area contributed by atoms with Gasteiger partial charge in [-0.3, -0.25) is 4.99 Å². The standard InChI is InChI=1S/C12H11F5N2/c1-6-5-18-9(11(6,13)14)8-4-3-7(2)19-10(8)12(15,16)17/h3-4,7,18H,1,5H2,2H3. The lowest BCUT2D eigenvalue weighted by Crippen LogP contribution is -2.32. The number of nitrogens with zero attached hydrogens (tertiary/aromatic N) is 1. The molecule has 0 aromatic carbocycles. The first kappa shape index (κ1) is 13.8. The Morgan fingerprint density at radius 1 is 1.42 bits per heavy atom. The molecule has 1 N–H and O–H groups in total. The van der Waals surface area contributed by atoms with Gasteiger partial charge in [0, 0.05) is 17.7 Å². The molecule has 2 aliphatic rings. The molecule has 0 aromatic heterocycles. The highest BCUT2D eigenvalue weighted by Gasteiger charge is 2.48. The molecule has 2 heterocycles. The van der Waals surface area contributed by atoms with Gasteiger partial charge < -0.3 is 5.32 Å². The summed E-state index contributed by atoms with van der Waals surface area (Å²) in [6.45, 7) is 4.36. The molecule has 19 heavy (non-hydrogen) atoms. The molecule has 0 aliphatic carbocycles.